The fourth-order valence-corrected chi connectivity index (χ4v) is 2.32. The van der Waals surface area contributed by atoms with Crippen molar-refractivity contribution in [3.8, 4) is 0 Å². The van der Waals surface area contributed by atoms with E-state index in [9.17, 15) is 31.1 Å². The van der Waals surface area contributed by atoms with Gasteiger partial charge in [0, 0.05) is 19.5 Å². The molecule has 0 unspecified atom stereocenters. The summed E-state index contributed by atoms with van der Waals surface area (Å²) in [6, 6.07) is 0. The number of unbranched alkanes of at least 4 members (excludes halogenated alkanes) is 6. The Kier molecular flexibility index (Phi) is 23.0. The second-order valence-corrected chi connectivity index (χ2v) is 7.14. The number of carboxylic acids is 2. The van der Waals surface area contributed by atoms with E-state index in [-0.39, 0.29) is 5.91 Å². The SMILES string of the molecule is CCCCCCCCCC(=O)N(CCCN)CCCN.O=C(O)C(F)(F)F.O=C(O)C(F)(F)F. The van der Waals surface area contributed by atoms with Crippen molar-refractivity contribution in [2.24, 2.45) is 11.5 Å². The van der Waals surface area contributed by atoms with Crippen LogP contribution in [0.2, 0.25) is 0 Å². The summed E-state index contributed by atoms with van der Waals surface area (Å²) in [4.78, 5) is 31.9. The number of carbonyl (C=O) groups is 3. The maximum absolute atomic E-state index is 12.1. The highest BCUT2D eigenvalue weighted by Crippen LogP contribution is 2.14. The van der Waals surface area contributed by atoms with Crippen LogP contribution in [0.1, 0.15) is 71.1 Å². The van der Waals surface area contributed by atoms with E-state index in [2.05, 4.69) is 6.92 Å². The molecule has 0 aromatic carbocycles. The molecule has 0 aliphatic carbocycles. The molecule has 0 aromatic rings. The van der Waals surface area contributed by atoms with E-state index in [1.165, 1.54) is 38.5 Å². The second-order valence-electron chi connectivity index (χ2n) is 7.14. The van der Waals surface area contributed by atoms with E-state index in [0.717, 1.165) is 32.4 Å². The third-order valence-corrected chi connectivity index (χ3v) is 4.10. The van der Waals surface area contributed by atoms with Crippen molar-refractivity contribution in [1.82, 2.24) is 4.90 Å². The largest absolute Gasteiger partial charge is 0.490 e. The van der Waals surface area contributed by atoms with Gasteiger partial charge in [0.15, 0.2) is 0 Å². The zero-order valence-corrected chi connectivity index (χ0v) is 19.4. The fraction of sp³-hybridized carbons (Fsp3) is 0.850. The van der Waals surface area contributed by atoms with Gasteiger partial charge in [-0.3, -0.25) is 4.79 Å². The summed E-state index contributed by atoms with van der Waals surface area (Å²) in [7, 11) is 0. The minimum Gasteiger partial charge on any atom is -0.475 e. The van der Waals surface area contributed by atoms with E-state index >= 15 is 0 Å². The van der Waals surface area contributed by atoms with Gasteiger partial charge in [-0.15, -0.1) is 0 Å². The number of carboxylic acid groups (broad SMARTS) is 2. The number of hydrogen-bond acceptors (Lipinski definition) is 5. The molecule has 1 amide bonds. The highest BCUT2D eigenvalue weighted by atomic mass is 19.4. The van der Waals surface area contributed by atoms with E-state index in [1.54, 1.807) is 0 Å². The first-order chi connectivity index (χ1) is 15.6. The minimum atomic E-state index is -5.08. The Balaban J connectivity index is -0.000000558. The van der Waals surface area contributed by atoms with Crippen molar-refractivity contribution < 1.29 is 50.9 Å². The summed E-state index contributed by atoms with van der Waals surface area (Å²) in [6.45, 7) is 5.08. The molecule has 6 N–H and O–H groups in total. The number of amides is 1. The van der Waals surface area contributed by atoms with Crippen molar-refractivity contribution in [3.05, 3.63) is 0 Å². The molecule has 0 radical (unpaired) electrons. The molecular weight excluding hydrogens is 476 g/mol. The highest BCUT2D eigenvalue weighted by Gasteiger charge is 2.38. The molecule has 0 aromatic heterocycles. The van der Waals surface area contributed by atoms with Gasteiger partial charge in [-0.1, -0.05) is 45.4 Å². The van der Waals surface area contributed by atoms with Crippen LogP contribution in [0, 0.1) is 0 Å². The molecule has 0 bridgehead atoms. The Morgan fingerprint density at radius 3 is 1.29 bits per heavy atom. The van der Waals surface area contributed by atoms with Crippen LogP contribution in [-0.2, 0) is 14.4 Å². The molecule has 0 atom stereocenters. The molecule has 8 nitrogen and oxygen atoms in total. The molecule has 34 heavy (non-hydrogen) atoms. The Bertz CT molecular complexity index is 514. The zero-order valence-electron chi connectivity index (χ0n) is 19.4. The van der Waals surface area contributed by atoms with Gasteiger partial charge < -0.3 is 26.6 Å². The number of aliphatic carboxylic acids is 2. The molecule has 0 aliphatic heterocycles. The lowest BCUT2D eigenvalue weighted by molar-refractivity contribution is -0.193. The average Bonchev–Trinajstić information content (AvgIpc) is 2.72. The lowest BCUT2D eigenvalue weighted by atomic mass is 10.1. The molecule has 0 spiro atoms. The first-order valence-electron chi connectivity index (χ1n) is 10.9. The Morgan fingerprint density at radius 1 is 0.676 bits per heavy atom. The topological polar surface area (TPSA) is 147 Å². The van der Waals surface area contributed by atoms with Crippen LogP contribution >= 0.6 is 0 Å². The standard InChI is InChI=1S/C16H35N3O.2C2HF3O2/c1-2-3-4-5-6-7-8-11-16(20)19(14-9-12-17)15-10-13-18;2*3-2(4,5)1(6)7/h2-15,17-18H2,1H3;2*(H,6,7). The van der Waals surface area contributed by atoms with Crippen LogP contribution in [0.3, 0.4) is 0 Å². The maximum atomic E-state index is 12.1. The third-order valence-electron chi connectivity index (χ3n) is 4.10. The van der Waals surface area contributed by atoms with E-state index in [4.69, 9.17) is 31.3 Å². The number of rotatable bonds is 14. The summed E-state index contributed by atoms with van der Waals surface area (Å²) in [5.41, 5.74) is 11.0. The monoisotopic (exact) mass is 513 g/mol. The molecular formula is C20H37F6N3O5. The van der Waals surface area contributed by atoms with E-state index < -0.39 is 24.3 Å². The number of hydrogen-bond donors (Lipinski definition) is 4. The first-order valence-corrected chi connectivity index (χ1v) is 10.9. The number of halogens is 6. The highest BCUT2D eigenvalue weighted by molar-refractivity contribution is 5.76. The maximum Gasteiger partial charge on any atom is 0.490 e. The van der Waals surface area contributed by atoms with Crippen LogP contribution in [0.15, 0.2) is 0 Å². The summed E-state index contributed by atoms with van der Waals surface area (Å²) in [5, 5.41) is 14.2. The molecule has 0 saturated heterocycles. The van der Waals surface area contributed by atoms with Gasteiger partial charge in [0.25, 0.3) is 0 Å². The molecule has 14 heteroatoms. The van der Waals surface area contributed by atoms with Gasteiger partial charge in [-0.2, -0.15) is 26.3 Å². The minimum absolute atomic E-state index is 0.278. The molecule has 0 saturated carbocycles. The Morgan fingerprint density at radius 2 is 1.00 bits per heavy atom. The van der Waals surface area contributed by atoms with Crippen molar-refractivity contribution in [2.75, 3.05) is 26.2 Å². The summed E-state index contributed by atoms with van der Waals surface area (Å²) in [6.07, 6.45) is 1.02. The number of carbonyl (C=O) groups excluding carboxylic acids is 1. The van der Waals surface area contributed by atoms with Gasteiger partial charge >= 0.3 is 24.3 Å². The number of alkyl halides is 6. The van der Waals surface area contributed by atoms with Crippen LogP contribution < -0.4 is 11.5 Å². The second kappa shape index (κ2) is 21.4. The molecule has 0 aliphatic rings. The van der Waals surface area contributed by atoms with E-state index in [1.807, 2.05) is 4.90 Å². The van der Waals surface area contributed by atoms with Gasteiger partial charge in [0.2, 0.25) is 5.91 Å². The smallest absolute Gasteiger partial charge is 0.475 e. The van der Waals surface area contributed by atoms with Crippen molar-refractivity contribution in [3.63, 3.8) is 0 Å². The van der Waals surface area contributed by atoms with Crippen LogP contribution in [0.25, 0.3) is 0 Å². The van der Waals surface area contributed by atoms with Gasteiger partial charge in [-0.25, -0.2) is 9.59 Å². The van der Waals surface area contributed by atoms with Gasteiger partial charge in [-0.05, 0) is 32.4 Å². The summed E-state index contributed by atoms with van der Waals surface area (Å²) >= 11 is 0. The van der Waals surface area contributed by atoms with Crippen LogP contribution in [0.4, 0.5) is 26.3 Å². The quantitative estimate of drug-likeness (QED) is 0.203. The van der Waals surface area contributed by atoms with Crippen molar-refractivity contribution in [2.45, 2.75) is 83.5 Å². The molecule has 0 heterocycles. The molecule has 0 rings (SSSR count). The summed E-state index contributed by atoms with van der Waals surface area (Å²) < 4.78 is 63.5. The predicted octanol–water partition coefficient (Wildman–Crippen LogP) is 3.92. The number of nitrogens with zero attached hydrogens (tertiary/aromatic N) is 1. The number of nitrogens with two attached hydrogens (primary N) is 2. The molecule has 204 valence electrons. The normalized spacial score (nSPS) is 11.0. The Hall–Kier alpha value is -2.09. The average molecular weight is 514 g/mol. The fourth-order valence-electron chi connectivity index (χ4n) is 2.32. The first kappa shape index (κ1) is 36.5. The predicted molar refractivity (Wildman–Crippen MR) is 114 cm³/mol. The summed E-state index contributed by atoms with van der Waals surface area (Å²) in [5.74, 6) is -5.24. The van der Waals surface area contributed by atoms with Crippen molar-refractivity contribution >= 4 is 17.8 Å². The molecule has 0 fully saturated rings. The van der Waals surface area contributed by atoms with Crippen LogP contribution in [-0.4, -0.2) is 71.5 Å². The van der Waals surface area contributed by atoms with Crippen LogP contribution in [0.5, 0.6) is 0 Å². The van der Waals surface area contributed by atoms with Gasteiger partial charge in [0.05, 0.1) is 0 Å². The Labute approximate surface area is 195 Å². The van der Waals surface area contributed by atoms with E-state index in [0.29, 0.717) is 19.5 Å². The van der Waals surface area contributed by atoms with Gasteiger partial charge in [0.1, 0.15) is 0 Å². The lowest BCUT2D eigenvalue weighted by Gasteiger charge is -2.22. The lowest BCUT2D eigenvalue weighted by Crippen LogP contribution is -2.34. The third kappa shape index (κ3) is 26.2. The van der Waals surface area contributed by atoms with Crippen molar-refractivity contribution in [1.29, 1.82) is 0 Å². The zero-order chi connectivity index (χ0) is 27.2.